The third-order valence-corrected chi connectivity index (χ3v) is 5.02. The summed E-state index contributed by atoms with van der Waals surface area (Å²) in [5.74, 6) is -2.69. The van der Waals surface area contributed by atoms with Gasteiger partial charge in [-0.15, -0.1) is 0 Å². The van der Waals surface area contributed by atoms with E-state index in [2.05, 4.69) is 10.3 Å². The fourth-order valence-corrected chi connectivity index (χ4v) is 3.50. The Kier molecular flexibility index (Phi) is 7.18. The summed E-state index contributed by atoms with van der Waals surface area (Å²) in [5.41, 5.74) is -1.12. The van der Waals surface area contributed by atoms with Crippen LogP contribution in [0.25, 0.3) is 11.2 Å². The molecule has 2 aromatic heterocycles. The fourth-order valence-electron chi connectivity index (χ4n) is 3.50. The Labute approximate surface area is 181 Å². The number of aliphatic hydroxyl groups is 1. The molecule has 0 bridgehead atoms. The maximum Gasteiger partial charge on any atom is 0.333 e. The zero-order chi connectivity index (χ0) is 23.4. The molecule has 0 fully saturated rings. The zero-order valence-corrected chi connectivity index (χ0v) is 17.9. The normalized spacial score (nSPS) is 11.3. The summed E-state index contributed by atoms with van der Waals surface area (Å²) < 4.78 is 30.2. The van der Waals surface area contributed by atoms with E-state index < -0.39 is 41.9 Å². The number of carbonyl (C=O) groups is 1. The number of carbonyl (C=O) groups excluding carboxylic acids is 1. The topological polar surface area (TPSA) is 111 Å². The third kappa shape index (κ3) is 4.47. The molecule has 0 aliphatic carbocycles. The van der Waals surface area contributed by atoms with E-state index in [1.54, 1.807) is 4.57 Å². The van der Waals surface area contributed by atoms with Crippen LogP contribution < -0.4 is 16.6 Å². The van der Waals surface area contributed by atoms with E-state index in [0.717, 1.165) is 23.1 Å². The molecule has 32 heavy (non-hydrogen) atoms. The lowest BCUT2D eigenvalue weighted by atomic mass is 10.3. The molecule has 0 spiro atoms. The minimum absolute atomic E-state index is 0.00655. The number of fused-ring (bicyclic) bond motifs is 1. The van der Waals surface area contributed by atoms with Crippen molar-refractivity contribution in [1.82, 2.24) is 18.7 Å². The molecule has 1 amide bonds. The molecule has 2 heterocycles. The quantitative estimate of drug-likeness (QED) is 0.519. The summed E-state index contributed by atoms with van der Waals surface area (Å²) in [6.07, 6.45) is 2.08. The van der Waals surface area contributed by atoms with Gasteiger partial charge in [0.2, 0.25) is 5.91 Å². The van der Waals surface area contributed by atoms with Crippen LogP contribution in [0.1, 0.15) is 38.9 Å². The summed E-state index contributed by atoms with van der Waals surface area (Å²) in [6, 6.07) is 2.84. The summed E-state index contributed by atoms with van der Waals surface area (Å²) in [6.45, 7) is 3.49. The maximum absolute atomic E-state index is 13.4. The number of amides is 1. The molecular weight excluding hydrogens is 424 g/mol. The first kappa shape index (κ1) is 23.3. The van der Waals surface area contributed by atoms with Crippen molar-refractivity contribution >= 4 is 22.8 Å². The minimum atomic E-state index is -1.14. The van der Waals surface area contributed by atoms with Gasteiger partial charge in [0.25, 0.3) is 5.56 Å². The number of unbranched alkanes of at least 4 members (excludes halogenated alkanes) is 1. The van der Waals surface area contributed by atoms with Gasteiger partial charge in [0, 0.05) is 24.8 Å². The number of hydrogen-bond donors (Lipinski definition) is 2. The molecular formula is C21H25F2N5O4. The Morgan fingerprint density at radius 3 is 2.44 bits per heavy atom. The standard InChI is InChI=1S/C21H25F2N5O4/c1-3-5-9-27-19-18(26(8-4-2)16(12-29)25-19)20(31)28(21(27)32)11-17(30)24-13-6-7-14(22)15(23)10-13/h6-7,10,29H,3-5,8-9,11-12H2,1-2H3,(H,24,30). The first-order chi connectivity index (χ1) is 15.3. The fraction of sp³-hybridized carbons (Fsp3) is 0.429. The molecule has 1 aromatic carbocycles. The Balaban J connectivity index is 2.09. The largest absolute Gasteiger partial charge is 0.388 e. The molecule has 2 N–H and O–H groups in total. The second kappa shape index (κ2) is 9.86. The van der Waals surface area contributed by atoms with Gasteiger partial charge in [-0.1, -0.05) is 20.3 Å². The molecule has 11 heteroatoms. The highest BCUT2D eigenvalue weighted by Gasteiger charge is 2.22. The lowest BCUT2D eigenvalue weighted by molar-refractivity contribution is -0.116. The Morgan fingerprint density at radius 2 is 1.81 bits per heavy atom. The van der Waals surface area contributed by atoms with Crippen LogP contribution in [0.2, 0.25) is 0 Å². The number of hydrogen-bond acceptors (Lipinski definition) is 5. The van der Waals surface area contributed by atoms with Crippen LogP contribution in [-0.2, 0) is 31.0 Å². The molecule has 3 rings (SSSR count). The predicted molar refractivity (Wildman–Crippen MR) is 114 cm³/mol. The van der Waals surface area contributed by atoms with E-state index >= 15 is 0 Å². The number of nitrogens with one attached hydrogen (secondary N) is 1. The highest BCUT2D eigenvalue weighted by atomic mass is 19.2. The number of halogens is 2. The van der Waals surface area contributed by atoms with Crippen molar-refractivity contribution in [3.05, 3.63) is 56.5 Å². The van der Waals surface area contributed by atoms with Gasteiger partial charge in [-0.2, -0.15) is 0 Å². The number of aliphatic hydroxyl groups excluding tert-OH is 1. The molecule has 0 unspecified atom stereocenters. The number of anilines is 1. The lowest BCUT2D eigenvalue weighted by Gasteiger charge is -2.13. The Morgan fingerprint density at radius 1 is 1.06 bits per heavy atom. The second-order valence-corrected chi connectivity index (χ2v) is 7.37. The maximum atomic E-state index is 13.4. The molecule has 0 atom stereocenters. The van der Waals surface area contributed by atoms with Crippen molar-refractivity contribution in [2.24, 2.45) is 0 Å². The Hall–Kier alpha value is -3.34. The number of rotatable bonds is 9. The van der Waals surface area contributed by atoms with E-state index in [-0.39, 0.29) is 29.2 Å². The average Bonchev–Trinajstić information content (AvgIpc) is 3.12. The van der Waals surface area contributed by atoms with Crippen LogP contribution in [0.4, 0.5) is 14.5 Å². The van der Waals surface area contributed by atoms with Crippen molar-refractivity contribution in [3.63, 3.8) is 0 Å². The van der Waals surface area contributed by atoms with E-state index in [9.17, 15) is 28.3 Å². The van der Waals surface area contributed by atoms with Crippen LogP contribution in [0.5, 0.6) is 0 Å². The minimum Gasteiger partial charge on any atom is -0.388 e. The number of benzene rings is 1. The van der Waals surface area contributed by atoms with Crippen molar-refractivity contribution in [2.45, 2.75) is 59.4 Å². The molecule has 0 saturated heterocycles. The summed E-state index contributed by atoms with van der Waals surface area (Å²) in [7, 11) is 0. The van der Waals surface area contributed by atoms with Gasteiger partial charge in [0.15, 0.2) is 22.8 Å². The number of aromatic nitrogens is 4. The van der Waals surface area contributed by atoms with Crippen LogP contribution >= 0.6 is 0 Å². The van der Waals surface area contributed by atoms with Crippen molar-refractivity contribution < 1.29 is 18.7 Å². The van der Waals surface area contributed by atoms with Gasteiger partial charge in [-0.05, 0) is 25.0 Å². The van der Waals surface area contributed by atoms with Gasteiger partial charge >= 0.3 is 5.69 Å². The van der Waals surface area contributed by atoms with E-state index in [1.807, 2.05) is 13.8 Å². The van der Waals surface area contributed by atoms with Crippen LogP contribution in [-0.4, -0.2) is 29.7 Å². The lowest BCUT2D eigenvalue weighted by Crippen LogP contribution is -2.43. The third-order valence-electron chi connectivity index (χ3n) is 5.02. The Bertz CT molecular complexity index is 1260. The van der Waals surface area contributed by atoms with Crippen LogP contribution in [0.3, 0.4) is 0 Å². The average molecular weight is 449 g/mol. The monoisotopic (exact) mass is 449 g/mol. The molecule has 3 aromatic rings. The van der Waals surface area contributed by atoms with Crippen molar-refractivity contribution in [3.8, 4) is 0 Å². The predicted octanol–water partition coefficient (Wildman–Crippen LogP) is 1.98. The molecule has 172 valence electrons. The van der Waals surface area contributed by atoms with E-state index in [0.29, 0.717) is 19.4 Å². The van der Waals surface area contributed by atoms with Crippen LogP contribution in [0, 0.1) is 11.6 Å². The first-order valence-corrected chi connectivity index (χ1v) is 10.4. The van der Waals surface area contributed by atoms with E-state index in [4.69, 9.17) is 0 Å². The highest BCUT2D eigenvalue weighted by molar-refractivity contribution is 5.90. The first-order valence-electron chi connectivity index (χ1n) is 10.4. The van der Waals surface area contributed by atoms with Crippen LogP contribution in [0.15, 0.2) is 27.8 Å². The molecule has 0 radical (unpaired) electrons. The highest BCUT2D eigenvalue weighted by Crippen LogP contribution is 2.15. The van der Waals surface area contributed by atoms with Gasteiger partial charge in [0.05, 0.1) is 0 Å². The molecule has 9 nitrogen and oxygen atoms in total. The number of nitrogens with zero attached hydrogens (tertiary/aromatic N) is 4. The number of aryl methyl sites for hydroxylation is 2. The summed E-state index contributed by atoms with van der Waals surface area (Å²) in [5, 5.41) is 12.1. The van der Waals surface area contributed by atoms with Gasteiger partial charge < -0.3 is 15.0 Å². The summed E-state index contributed by atoms with van der Waals surface area (Å²) >= 11 is 0. The smallest absolute Gasteiger partial charge is 0.333 e. The van der Waals surface area contributed by atoms with Crippen molar-refractivity contribution in [2.75, 3.05) is 5.32 Å². The molecule has 0 aliphatic rings. The molecule has 0 aliphatic heterocycles. The zero-order valence-electron chi connectivity index (χ0n) is 17.9. The van der Waals surface area contributed by atoms with Gasteiger partial charge in [-0.3, -0.25) is 14.2 Å². The van der Waals surface area contributed by atoms with Gasteiger partial charge in [0.1, 0.15) is 19.0 Å². The second-order valence-electron chi connectivity index (χ2n) is 7.37. The van der Waals surface area contributed by atoms with Gasteiger partial charge in [-0.25, -0.2) is 23.1 Å². The summed E-state index contributed by atoms with van der Waals surface area (Å²) in [4.78, 5) is 43.1. The molecule has 0 saturated carbocycles. The number of imidazole rings is 1. The van der Waals surface area contributed by atoms with Crippen molar-refractivity contribution in [1.29, 1.82) is 0 Å². The van der Waals surface area contributed by atoms with E-state index in [1.165, 1.54) is 10.6 Å². The SMILES string of the molecule is CCCCn1c(=O)n(CC(=O)Nc2ccc(F)c(F)c2)c(=O)c2c1nc(CO)n2CCC.